The lowest BCUT2D eigenvalue weighted by atomic mass is 9.81. The number of hydrogen-bond donors (Lipinski definition) is 0. The van der Waals surface area contributed by atoms with E-state index >= 15 is 0 Å². The van der Waals surface area contributed by atoms with Gasteiger partial charge in [0.15, 0.2) is 0 Å². The topological polar surface area (TPSA) is 18.5 Å². The van der Waals surface area contributed by atoms with Gasteiger partial charge in [0.05, 0.1) is 6.10 Å². The lowest BCUT2D eigenvalue weighted by Crippen LogP contribution is -2.31. The molecule has 12 heavy (non-hydrogen) atoms. The Bertz CT molecular complexity index is 140. The first-order valence-corrected chi connectivity index (χ1v) is 4.95. The van der Waals surface area contributed by atoms with E-state index in [0.29, 0.717) is 5.88 Å². The molecule has 0 N–H and O–H groups in total. The standard InChI is InChI=1S/C9H17ClO2/c1-8-9(7-10,3-5-11-2)4-6-12-8/h8H,3-7H2,1-2H3. The van der Waals surface area contributed by atoms with Gasteiger partial charge in [0.2, 0.25) is 0 Å². The molecule has 2 unspecified atom stereocenters. The van der Waals surface area contributed by atoms with Crippen LogP contribution in [0.5, 0.6) is 0 Å². The van der Waals surface area contributed by atoms with Gasteiger partial charge in [0, 0.05) is 31.6 Å². The maximum Gasteiger partial charge on any atom is 0.0616 e. The third-order valence-electron chi connectivity index (χ3n) is 2.90. The number of ether oxygens (including phenoxy) is 2. The van der Waals surface area contributed by atoms with Crippen molar-refractivity contribution < 1.29 is 9.47 Å². The van der Waals surface area contributed by atoms with E-state index in [1.807, 2.05) is 0 Å². The van der Waals surface area contributed by atoms with Crippen LogP contribution in [0.4, 0.5) is 0 Å². The third-order valence-corrected chi connectivity index (χ3v) is 3.43. The predicted octanol–water partition coefficient (Wildman–Crippen LogP) is 2.06. The van der Waals surface area contributed by atoms with Crippen LogP contribution in [0.2, 0.25) is 0 Å². The van der Waals surface area contributed by atoms with Gasteiger partial charge in [0.25, 0.3) is 0 Å². The summed E-state index contributed by atoms with van der Waals surface area (Å²) in [6, 6.07) is 0. The highest BCUT2D eigenvalue weighted by Gasteiger charge is 2.40. The molecule has 0 aromatic rings. The molecule has 0 aromatic carbocycles. The van der Waals surface area contributed by atoms with Gasteiger partial charge < -0.3 is 9.47 Å². The quantitative estimate of drug-likeness (QED) is 0.635. The average molecular weight is 193 g/mol. The molecule has 0 radical (unpaired) electrons. The summed E-state index contributed by atoms with van der Waals surface area (Å²) in [6.07, 6.45) is 2.36. The van der Waals surface area contributed by atoms with Crippen LogP contribution in [-0.2, 0) is 9.47 Å². The van der Waals surface area contributed by atoms with Crippen molar-refractivity contribution in [3.05, 3.63) is 0 Å². The predicted molar refractivity (Wildman–Crippen MR) is 49.7 cm³/mol. The minimum absolute atomic E-state index is 0.164. The van der Waals surface area contributed by atoms with E-state index in [9.17, 15) is 0 Å². The van der Waals surface area contributed by atoms with Crippen LogP contribution in [0.3, 0.4) is 0 Å². The van der Waals surface area contributed by atoms with Crippen molar-refractivity contribution in [2.75, 3.05) is 26.2 Å². The summed E-state index contributed by atoms with van der Waals surface area (Å²) in [4.78, 5) is 0. The van der Waals surface area contributed by atoms with E-state index in [4.69, 9.17) is 21.1 Å². The summed E-state index contributed by atoms with van der Waals surface area (Å²) < 4.78 is 10.6. The summed E-state index contributed by atoms with van der Waals surface area (Å²) in [5.74, 6) is 0.678. The molecule has 2 nitrogen and oxygen atoms in total. The molecular formula is C9H17ClO2. The van der Waals surface area contributed by atoms with Gasteiger partial charge in [-0.1, -0.05) is 0 Å². The van der Waals surface area contributed by atoms with Crippen molar-refractivity contribution >= 4 is 11.6 Å². The van der Waals surface area contributed by atoms with Crippen LogP contribution in [-0.4, -0.2) is 32.3 Å². The van der Waals surface area contributed by atoms with Crippen molar-refractivity contribution in [2.45, 2.75) is 25.9 Å². The molecule has 1 aliphatic heterocycles. The molecule has 0 saturated carbocycles. The third kappa shape index (κ3) is 1.93. The lowest BCUT2D eigenvalue weighted by Gasteiger charge is -2.29. The molecular weight excluding hydrogens is 176 g/mol. The molecule has 2 atom stereocenters. The second-order valence-corrected chi connectivity index (χ2v) is 3.77. The van der Waals surface area contributed by atoms with Crippen LogP contribution in [0, 0.1) is 5.41 Å². The Hall–Kier alpha value is 0.210. The minimum atomic E-state index is 0.164. The van der Waals surface area contributed by atoms with E-state index in [0.717, 1.165) is 26.1 Å². The first-order valence-electron chi connectivity index (χ1n) is 4.42. The summed E-state index contributed by atoms with van der Waals surface area (Å²) in [5.41, 5.74) is 0.164. The Kier molecular flexibility index (Phi) is 3.81. The van der Waals surface area contributed by atoms with Gasteiger partial charge in [-0.2, -0.15) is 0 Å². The number of alkyl halides is 1. The number of rotatable bonds is 4. The second-order valence-electron chi connectivity index (χ2n) is 3.50. The van der Waals surface area contributed by atoms with Crippen LogP contribution >= 0.6 is 11.6 Å². The monoisotopic (exact) mass is 192 g/mol. The van der Waals surface area contributed by atoms with Gasteiger partial charge >= 0.3 is 0 Å². The van der Waals surface area contributed by atoms with Gasteiger partial charge in [-0.25, -0.2) is 0 Å². The maximum atomic E-state index is 5.96. The largest absolute Gasteiger partial charge is 0.385 e. The molecule has 0 aliphatic carbocycles. The molecule has 0 bridgehead atoms. The van der Waals surface area contributed by atoms with E-state index in [-0.39, 0.29) is 11.5 Å². The van der Waals surface area contributed by atoms with E-state index in [1.54, 1.807) is 7.11 Å². The molecule has 1 rings (SSSR count). The molecule has 1 heterocycles. The smallest absolute Gasteiger partial charge is 0.0616 e. The normalized spacial score (nSPS) is 35.8. The van der Waals surface area contributed by atoms with Crippen LogP contribution in [0.15, 0.2) is 0 Å². The molecule has 0 aromatic heterocycles. The molecule has 1 fully saturated rings. The minimum Gasteiger partial charge on any atom is -0.385 e. The van der Waals surface area contributed by atoms with E-state index in [1.165, 1.54) is 0 Å². The molecule has 1 aliphatic rings. The number of hydrogen-bond acceptors (Lipinski definition) is 2. The van der Waals surface area contributed by atoms with Gasteiger partial charge in [0.1, 0.15) is 0 Å². The maximum absolute atomic E-state index is 5.96. The average Bonchev–Trinajstić information content (AvgIpc) is 2.45. The van der Waals surface area contributed by atoms with Crippen molar-refractivity contribution in [2.24, 2.45) is 5.41 Å². The van der Waals surface area contributed by atoms with Crippen molar-refractivity contribution in [1.29, 1.82) is 0 Å². The van der Waals surface area contributed by atoms with Crippen molar-refractivity contribution in [3.63, 3.8) is 0 Å². The van der Waals surface area contributed by atoms with Crippen molar-refractivity contribution in [1.82, 2.24) is 0 Å². The summed E-state index contributed by atoms with van der Waals surface area (Å²) >= 11 is 5.96. The Morgan fingerprint density at radius 2 is 2.42 bits per heavy atom. The molecule has 0 amide bonds. The Balaban J connectivity index is 2.49. The highest BCUT2D eigenvalue weighted by molar-refractivity contribution is 6.18. The summed E-state index contributed by atoms with van der Waals surface area (Å²) in [5, 5.41) is 0. The summed E-state index contributed by atoms with van der Waals surface area (Å²) in [6.45, 7) is 3.73. The highest BCUT2D eigenvalue weighted by Crippen LogP contribution is 2.39. The molecule has 1 saturated heterocycles. The Labute approximate surface area is 79.2 Å². The van der Waals surface area contributed by atoms with Gasteiger partial charge in [-0.15, -0.1) is 11.6 Å². The fourth-order valence-electron chi connectivity index (χ4n) is 1.69. The van der Waals surface area contributed by atoms with Crippen LogP contribution < -0.4 is 0 Å². The number of halogens is 1. The van der Waals surface area contributed by atoms with Gasteiger partial charge in [-0.05, 0) is 19.8 Å². The first-order chi connectivity index (χ1) is 5.75. The Morgan fingerprint density at radius 3 is 2.83 bits per heavy atom. The fraction of sp³-hybridized carbons (Fsp3) is 1.00. The van der Waals surface area contributed by atoms with E-state index < -0.39 is 0 Å². The van der Waals surface area contributed by atoms with Crippen molar-refractivity contribution in [3.8, 4) is 0 Å². The Morgan fingerprint density at radius 1 is 1.67 bits per heavy atom. The second kappa shape index (κ2) is 4.45. The molecule has 72 valence electrons. The zero-order chi connectivity index (χ0) is 9.03. The zero-order valence-corrected chi connectivity index (χ0v) is 8.56. The van der Waals surface area contributed by atoms with Gasteiger partial charge in [-0.3, -0.25) is 0 Å². The zero-order valence-electron chi connectivity index (χ0n) is 7.81. The first kappa shape index (κ1) is 10.3. The molecule has 3 heteroatoms. The lowest BCUT2D eigenvalue weighted by molar-refractivity contribution is 0.0535. The highest BCUT2D eigenvalue weighted by atomic mass is 35.5. The molecule has 0 spiro atoms. The SMILES string of the molecule is COCCC1(CCl)CCOC1C. The van der Waals surface area contributed by atoms with Crippen LogP contribution in [0.25, 0.3) is 0 Å². The summed E-state index contributed by atoms with van der Waals surface area (Å²) in [7, 11) is 1.72. The number of methoxy groups -OCH3 is 1. The van der Waals surface area contributed by atoms with E-state index in [2.05, 4.69) is 6.92 Å². The fourth-order valence-corrected chi connectivity index (χ4v) is 2.18. The van der Waals surface area contributed by atoms with Crippen LogP contribution in [0.1, 0.15) is 19.8 Å².